The zero-order valence-corrected chi connectivity index (χ0v) is 6.96. The molecular weight excluding hydrogens is 134 g/mol. The Balaban J connectivity index is 3.05. The Hall–Kier alpha value is -1.29. The summed E-state index contributed by atoms with van der Waals surface area (Å²) in [4.78, 5) is 0. The van der Waals surface area contributed by atoms with Crippen LogP contribution < -0.4 is 4.57 Å². The molecule has 1 aromatic rings. The summed E-state index contributed by atoms with van der Waals surface area (Å²) in [7, 11) is 0. The Morgan fingerprint density at radius 2 is 2.18 bits per heavy atom. The predicted octanol–water partition coefficient (Wildman–Crippen LogP) is 1.22. The summed E-state index contributed by atoms with van der Waals surface area (Å²) in [6, 6.07) is 4.16. The number of pyridine rings is 1. The fourth-order valence-electron chi connectivity index (χ4n) is 1.01. The van der Waals surface area contributed by atoms with Crippen LogP contribution in [0.3, 0.4) is 0 Å². The van der Waals surface area contributed by atoms with Gasteiger partial charge in [-0.25, -0.2) is 0 Å². The smallest absolute Gasteiger partial charge is 0.191 e. The van der Waals surface area contributed by atoms with E-state index in [0.717, 1.165) is 0 Å². The molecule has 0 aliphatic heterocycles. The summed E-state index contributed by atoms with van der Waals surface area (Å²) in [6.07, 6.45) is 7.27. The van der Waals surface area contributed by atoms with Crippen molar-refractivity contribution in [2.75, 3.05) is 0 Å². The standard InChI is InChI=1S/C10H12N/c1-4-7-11-8-9(2)5-6-10(11)3/h1,5-6,8H,7H2,2-3H3/q+1. The van der Waals surface area contributed by atoms with E-state index in [2.05, 4.69) is 42.7 Å². The summed E-state index contributed by atoms with van der Waals surface area (Å²) < 4.78 is 2.06. The molecule has 0 radical (unpaired) electrons. The quantitative estimate of drug-likeness (QED) is 0.414. The highest BCUT2D eigenvalue weighted by molar-refractivity contribution is 5.06. The van der Waals surface area contributed by atoms with Crippen LogP contribution in [0.25, 0.3) is 0 Å². The Bertz CT molecular complexity index is 294. The van der Waals surface area contributed by atoms with E-state index >= 15 is 0 Å². The molecule has 0 N–H and O–H groups in total. The molecule has 0 unspecified atom stereocenters. The summed E-state index contributed by atoms with van der Waals surface area (Å²) in [6.45, 7) is 4.77. The Morgan fingerprint density at radius 3 is 2.82 bits per heavy atom. The molecule has 0 aliphatic rings. The lowest BCUT2D eigenvalue weighted by Crippen LogP contribution is -2.36. The topological polar surface area (TPSA) is 3.88 Å². The van der Waals surface area contributed by atoms with Crippen molar-refractivity contribution in [2.45, 2.75) is 20.4 Å². The molecule has 0 amide bonds. The summed E-state index contributed by atoms with van der Waals surface area (Å²) >= 11 is 0. The van der Waals surface area contributed by atoms with Crippen LogP contribution in [0.4, 0.5) is 0 Å². The molecule has 1 nitrogen and oxygen atoms in total. The van der Waals surface area contributed by atoms with Crippen LogP contribution in [-0.2, 0) is 6.54 Å². The van der Waals surface area contributed by atoms with Gasteiger partial charge in [-0.3, -0.25) is 0 Å². The van der Waals surface area contributed by atoms with Crippen molar-refractivity contribution in [2.24, 2.45) is 0 Å². The maximum Gasteiger partial charge on any atom is 0.209 e. The van der Waals surface area contributed by atoms with Crippen molar-refractivity contribution >= 4 is 0 Å². The van der Waals surface area contributed by atoms with Crippen LogP contribution >= 0.6 is 0 Å². The van der Waals surface area contributed by atoms with Gasteiger partial charge in [0.1, 0.15) is 0 Å². The van der Waals surface area contributed by atoms with Gasteiger partial charge in [0, 0.05) is 18.6 Å². The largest absolute Gasteiger partial charge is 0.209 e. The molecule has 0 fully saturated rings. The first-order valence-electron chi connectivity index (χ1n) is 3.64. The van der Waals surface area contributed by atoms with Crippen LogP contribution in [0.5, 0.6) is 0 Å². The van der Waals surface area contributed by atoms with Gasteiger partial charge in [0.25, 0.3) is 0 Å². The molecular formula is C10H12N+. The van der Waals surface area contributed by atoms with Crippen LogP contribution in [0.15, 0.2) is 18.3 Å². The van der Waals surface area contributed by atoms with Gasteiger partial charge in [0.05, 0.1) is 0 Å². The minimum atomic E-state index is 0.660. The monoisotopic (exact) mass is 146 g/mol. The van der Waals surface area contributed by atoms with Crippen LogP contribution in [0, 0.1) is 26.2 Å². The number of nitrogens with zero attached hydrogens (tertiary/aromatic N) is 1. The van der Waals surface area contributed by atoms with E-state index in [0.29, 0.717) is 6.54 Å². The molecule has 56 valence electrons. The predicted molar refractivity (Wildman–Crippen MR) is 44.9 cm³/mol. The molecule has 0 bridgehead atoms. The third-order valence-corrected chi connectivity index (χ3v) is 1.66. The van der Waals surface area contributed by atoms with Gasteiger partial charge in [-0.15, -0.1) is 6.42 Å². The van der Waals surface area contributed by atoms with Gasteiger partial charge >= 0.3 is 0 Å². The lowest BCUT2D eigenvalue weighted by molar-refractivity contribution is -0.691. The van der Waals surface area contributed by atoms with Crippen molar-refractivity contribution in [3.63, 3.8) is 0 Å². The SMILES string of the molecule is C#CC[n+]1cc(C)ccc1C. The van der Waals surface area contributed by atoms with E-state index in [9.17, 15) is 0 Å². The second-order valence-corrected chi connectivity index (χ2v) is 2.68. The van der Waals surface area contributed by atoms with Gasteiger partial charge in [-0.05, 0) is 18.9 Å². The Kier molecular flexibility index (Phi) is 2.28. The molecule has 0 saturated carbocycles. The maximum absolute atomic E-state index is 5.21. The summed E-state index contributed by atoms with van der Waals surface area (Å²) in [5.74, 6) is 2.62. The van der Waals surface area contributed by atoms with Gasteiger partial charge in [0.2, 0.25) is 6.54 Å². The minimum Gasteiger partial charge on any atom is -0.191 e. The zero-order valence-electron chi connectivity index (χ0n) is 6.96. The second kappa shape index (κ2) is 3.21. The molecule has 0 atom stereocenters. The normalized spacial score (nSPS) is 9.18. The zero-order chi connectivity index (χ0) is 8.27. The highest BCUT2D eigenvalue weighted by atomic mass is 14.9. The molecule has 1 heteroatoms. The lowest BCUT2D eigenvalue weighted by atomic mass is 10.3. The lowest BCUT2D eigenvalue weighted by Gasteiger charge is -1.95. The van der Waals surface area contributed by atoms with E-state index in [-0.39, 0.29) is 0 Å². The third kappa shape index (κ3) is 1.81. The second-order valence-electron chi connectivity index (χ2n) is 2.68. The van der Waals surface area contributed by atoms with E-state index in [1.165, 1.54) is 11.3 Å². The number of aromatic nitrogens is 1. The minimum absolute atomic E-state index is 0.660. The summed E-state index contributed by atoms with van der Waals surface area (Å²) in [5, 5.41) is 0. The molecule has 0 aliphatic carbocycles. The number of terminal acetylenes is 1. The van der Waals surface area contributed by atoms with E-state index in [4.69, 9.17) is 6.42 Å². The van der Waals surface area contributed by atoms with Crippen molar-refractivity contribution in [1.29, 1.82) is 0 Å². The fraction of sp³-hybridized carbons (Fsp3) is 0.300. The van der Waals surface area contributed by atoms with Gasteiger partial charge in [0.15, 0.2) is 11.9 Å². The number of hydrogen-bond donors (Lipinski definition) is 0. The van der Waals surface area contributed by atoms with Gasteiger partial charge in [-0.1, -0.05) is 0 Å². The molecule has 1 heterocycles. The van der Waals surface area contributed by atoms with Crippen molar-refractivity contribution in [1.82, 2.24) is 0 Å². The van der Waals surface area contributed by atoms with Crippen molar-refractivity contribution in [3.8, 4) is 12.3 Å². The highest BCUT2D eigenvalue weighted by Crippen LogP contribution is 1.94. The van der Waals surface area contributed by atoms with Crippen molar-refractivity contribution < 1.29 is 4.57 Å². The molecule has 0 saturated heterocycles. The molecule has 1 rings (SSSR count). The molecule has 0 aromatic carbocycles. The first-order chi connectivity index (χ1) is 5.24. The first-order valence-corrected chi connectivity index (χ1v) is 3.64. The molecule has 11 heavy (non-hydrogen) atoms. The van der Waals surface area contributed by atoms with Crippen LogP contribution in [0.2, 0.25) is 0 Å². The average molecular weight is 146 g/mol. The maximum atomic E-state index is 5.21. The van der Waals surface area contributed by atoms with Gasteiger partial charge in [-0.2, -0.15) is 4.57 Å². The highest BCUT2D eigenvalue weighted by Gasteiger charge is 2.02. The number of aryl methyl sites for hydroxylation is 2. The van der Waals surface area contributed by atoms with Crippen LogP contribution in [-0.4, -0.2) is 0 Å². The Morgan fingerprint density at radius 1 is 1.45 bits per heavy atom. The van der Waals surface area contributed by atoms with E-state index < -0.39 is 0 Å². The van der Waals surface area contributed by atoms with E-state index in [1.807, 2.05) is 0 Å². The van der Waals surface area contributed by atoms with Crippen LogP contribution in [0.1, 0.15) is 11.3 Å². The van der Waals surface area contributed by atoms with Crippen molar-refractivity contribution in [3.05, 3.63) is 29.6 Å². The molecule has 1 aromatic heterocycles. The number of hydrogen-bond acceptors (Lipinski definition) is 0. The third-order valence-electron chi connectivity index (χ3n) is 1.66. The van der Waals surface area contributed by atoms with Gasteiger partial charge < -0.3 is 0 Å². The van der Waals surface area contributed by atoms with E-state index in [1.54, 1.807) is 0 Å². The average Bonchev–Trinajstić information content (AvgIpc) is 1.98. The Labute approximate surface area is 67.7 Å². The summed E-state index contributed by atoms with van der Waals surface area (Å²) in [5.41, 5.74) is 2.44. The molecule has 0 spiro atoms. The fourth-order valence-corrected chi connectivity index (χ4v) is 1.01. The first kappa shape index (κ1) is 7.81. The number of rotatable bonds is 1.